The van der Waals surface area contributed by atoms with Gasteiger partial charge in [-0.25, -0.2) is 4.39 Å². The van der Waals surface area contributed by atoms with Crippen molar-refractivity contribution in [2.75, 3.05) is 25.1 Å². The third-order valence-electron chi connectivity index (χ3n) is 3.58. The summed E-state index contributed by atoms with van der Waals surface area (Å²) in [7, 11) is 1.65. The maximum Gasteiger partial charge on any atom is 0.123 e. The van der Waals surface area contributed by atoms with Gasteiger partial charge in [-0.15, -0.1) is 0 Å². The van der Waals surface area contributed by atoms with Gasteiger partial charge in [0.15, 0.2) is 0 Å². The molecule has 4 heteroatoms. The summed E-state index contributed by atoms with van der Waals surface area (Å²) < 4.78 is 18.4. The monoisotopic (exact) mass is 288 g/mol. The molecule has 0 bridgehead atoms. The van der Waals surface area contributed by atoms with Crippen molar-refractivity contribution in [2.24, 2.45) is 5.73 Å². The Morgan fingerprint density at radius 1 is 1.19 bits per heavy atom. The fraction of sp³-hybridized carbons (Fsp3) is 0.294. The minimum absolute atomic E-state index is 0.0237. The number of nitrogens with two attached hydrogens (primary N) is 1. The Kier molecular flexibility index (Phi) is 5.17. The summed E-state index contributed by atoms with van der Waals surface area (Å²) in [5.41, 5.74) is 8.03. The SMILES string of the molecule is CCN(c1ccc(F)cc1)C(CN)c1cccc(OC)c1. The van der Waals surface area contributed by atoms with Crippen LogP contribution >= 0.6 is 0 Å². The number of methoxy groups -OCH3 is 1. The number of ether oxygens (including phenoxy) is 1. The molecule has 0 aliphatic heterocycles. The van der Waals surface area contributed by atoms with Crippen LogP contribution in [0.1, 0.15) is 18.5 Å². The molecule has 0 amide bonds. The average molecular weight is 288 g/mol. The molecule has 0 spiro atoms. The van der Waals surface area contributed by atoms with Crippen molar-refractivity contribution in [1.29, 1.82) is 0 Å². The Labute approximate surface area is 125 Å². The largest absolute Gasteiger partial charge is 0.497 e. The van der Waals surface area contributed by atoms with Crippen molar-refractivity contribution in [1.82, 2.24) is 0 Å². The molecule has 2 N–H and O–H groups in total. The zero-order valence-electron chi connectivity index (χ0n) is 12.4. The molecular weight excluding hydrogens is 267 g/mol. The molecule has 0 saturated carbocycles. The maximum absolute atomic E-state index is 13.1. The van der Waals surface area contributed by atoms with Crippen LogP contribution in [0.15, 0.2) is 48.5 Å². The zero-order chi connectivity index (χ0) is 15.2. The molecule has 0 aromatic heterocycles. The quantitative estimate of drug-likeness (QED) is 0.886. The van der Waals surface area contributed by atoms with Gasteiger partial charge in [-0.1, -0.05) is 12.1 Å². The van der Waals surface area contributed by atoms with Crippen LogP contribution in [0.2, 0.25) is 0 Å². The molecule has 0 fully saturated rings. The van der Waals surface area contributed by atoms with E-state index in [1.807, 2.05) is 24.3 Å². The van der Waals surface area contributed by atoms with E-state index in [9.17, 15) is 4.39 Å². The maximum atomic E-state index is 13.1. The molecule has 0 aliphatic carbocycles. The molecule has 0 aliphatic rings. The second-order valence-electron chi connectivity index (χ2n) is 4.79. The van der Waals surface area contributed by atoms with Crippen LogP contribution in [-0.4, -0.2) is 20.2 Å². The van der Waals surface area contributed by atoms with Gasteiger partial charge in [0.1, 0.15) is 11.6 Å². The molecule has 1 unspecified atom stereocenters. The van der Waals surface area contributed by atoms with E-state index < -0.39 is 0 Å². The molecule has 3 nitrogen and oxygen atoms in total. The molecule has 1 atom stereocenters. The lowest BCUT2D eigenvalue weighted by Crippen LogP contribution is -2.33. The Morgan fingerprint density at radius 2 is 1.90 bits per heavy atom. The molecule has 2 aromatic carbocycles. The molecule has 2 rings (SSSR count). The van der Waals surface area contributed by atoms with Crippen LogP contribution in [0.4, 0.5) is 10.1 Å². The van der Waals surface area contributed by atoms with E-state index in [-0.39, 0.29) is 11.9 Å². The fourth-order valence-electron chi connectivity index (χ4n) is 2.51. The van der Waals surface area contributed by atoms with Gasteiger partial charge in [0.05, 0.1) is 13.2 Å². The van der Waals surface area contributed by atoms with Crippen LogP contribution in [0, 0.1) is 5.82 Å². The highest BCUT2D eigenvalue weighted by Crippen LogP contribution is 2.28. The third-order valence-corrected chi connectivity index (χ3v) is 3.58. The lowest BCUT2D eigenvalue weighted by atomic mass is 10.0. The molecule has 0 radical (unpaired) electrons. The highest BCUT2D eigenvalue weighted by molar-refractivity contribution is 5.49. The first-order valence-electron chi connectivity index (χ1n) is 7.05. The molecule has 2 aromatic rings. The molecule has 21 heavy (non-hydrogen) atoms. The standard InChI is InChI=1S/C17H21FN2O/c1-3-20(15-9-7-14(18)8-10-15)17(12-19)13-5-4-6-16(11-13)21-2/h4-11,17H,3,12,19H2,1-2H3. The van der Waals surface area contributed by atoms with E-state index in [0.717, 1.165) is 23.5 Å². The van der Waals surface area contributed by atoms with Gasteiger partial charge in [-0.2, -0.15) is 0 Å². The van der Waals surface area contributed by atoms with E-state index in [4.69, 9.17) is 10.5 Å². The Morgan fingerprint density at radius 3 is 2.48 bits per heavy atom. The summed E-state index contributed by atoms with van der Waals surface area (Å²) in [6, 6.07) is 14.4. The van der Waals surface area contributed by atoms with E-state index in [1.54, 1.807) is 19.2 Å². The Bertz CT molecular complexity index is 571. The number of hydrogen-bond donors (Lipinski definition) is 1. The predicted molar refractivity (Wildman–Crippen MR) is 84.2 cm³/mol. The fourth-order valence-corrected chi connectivity index (χ4v) is 2.51. The van der Waals surface area contributed by atoms with Crippen molar-refractivity contribution in [3.63, 3.8) is 0 Å². The van der Waals surface area contributed by atoms with Crippen LogP contribution < -0.4 is 15.4 Å². The number of halogens is 1. The summed E-state index contributed by atoms with van der Waals surface area (Å²) in [5, 5.41) is 0. The number of benzene rings is 2. The van der Waals surface area contributed by atoms with Crippen LogP contribution in [-0.2, 0) is 0 Å². The van der Waals surface area contributed by atoms with Gasteiger partial charge in [0.2, 0.25) is 0 Å². The summed E-state index contributed by atoms with van der Waals surface area (Å²) in [4.78, 5) is 2.16. The van der Waals surface area contributed by atoms with Crippen LogP contribution in [0.3, 0.4) is 0 Å². The van der Waals surface area contributed by atoms with E-state index >= 15 is 0 Å². The number of likely N-dealkylation sites (N-methyl/N-ethyl adjacent to an activating group) is 1. The highest BCUT2D eigenvalue weighted by Gasteiger charge is 2.18. The first-order valence-corrected chi connectivity index (χ1v) is 7.05. The van der Waals surface area contributed by atoms with Crippen LogP contribution in [0.25, 0.3) is 0 Å². The van der Waals surface area contributed by atoms with Crippen LogP contribution in [0.5, 0.6) is 5.75 Å². The van der Waals surface area contributed by atoms with E-state index in [2.05, 4.69) is 11.8 Å². The zero-order valence-corrected chi connectivity index (χ0v) is 12.4. The molecule has 0 heterocycles. The van der Waals surface area contributed by atoms with Crippen molar-refractivity contribution >= 4 is 5.69 Å². The Hall–Kier alpha value is -2.07. The van der Waals surface area contributed by atoms with Gasteiger partial charge < -0.3 is 15.4 Å². The molecule has 112 valence electrons. The van der Waals surface area contributed by atoms with E-state index in [1.165, 1.54) is 12.1 Å². The minimum Gasteiger partial charge on any atom is -0.497 e. The number of anilines is 1. The normalized spacial score (nSPS) is 12.0. The van der Waals surface area contributed by atoms with Gasteiger partial charge >= 0.3 is 0 Å². The van der Waals surface area contributed by atoms with Crippen molar-refractivity contribution in [3.05, 3.63) is 59.9 Å². The lowest BCUT2D eigenvalue weighted by molar-refractivity contribution is 0.413. The second kappa shape index (κ2) is 7.09. The molecular formula is C17H21FN2O. The Balaban J connectivity index is 2.34. The molecule has 0 saturated heterocycles. The number of rotatable bonds is 6. The van der Waals surface area contributed by atoms with Crippen molar-refractivity contribution in [3.8, 4) is 5.75 Å². The van der Waals surface area contributed by atoms with Gasteiger partial charge in [-0.3, -0.25) is 0 Å². The average Bonchev–Trinajstić information content (AvgIpc) is 2.53. The number of hydrogen-bond acceptors (Lipinski definition) is 3. The van der Waals surface area contributed by atoms with Crippen molar-refractivity contribution < 1.29 is 9.13 Å². The number of nitrogens with zero attached hydrogens (tertiary/aromatic N) is 1. The minimum atomic E-state index is -0.236. The second-order valence-corrected chi connectivity index (χ2v) is 4.79. The summed E-state index contributed by atoms with van der Waals surface area (Å²) in [5.74, 6) is 0.571. The first-order chi connectivity index (χ1) is 10.2. The van der Waals surface area contributed by atoms with Gasteiger partial charge in [-0.05, 0) is 48.9 Å². The van der Waals surface area contributed by atoms with Gasteiger partial charge in [0.25, 0.3) is 0 Å². The van der Waals surface area contributed by atoms with Gasteiger partial charge in [0, 0.05) is 18.8 Å². The third kappa shape index (κ3) is 3.52. The lowest BCUT2D eigenvalue weighted by Gasteiger charge is -2.32. The topological polar surface area (TPSA) is 38.5 Å². The first kappa shape index (κ1) is 15.3. The summed E-state index contributed by atoms with van der Waals surface area (Å²) in [6.07, 6.45) is 0. The van der Waals surface area contributed by atoms with E-state index in [0.29, 0.717) is 6.54 Å². The summed E-state index contributed by atoms with van der Waals surface area (Å²) in [6.45, 7) is 3.31. The summed E-state index contributed by atoms with van der Waals surface area (Å²) >= 11 is 0. The highest BCUT2D eigenvalue weighted by atomic mass is 19.1. The predicted octanol–water partition coefficient (Wildman–Crippen LogP) is 3.36. The smallest absolute Gasteiger partial charge is 0.123 e. The van der Waals surface area contributed by atoms with Crippen molar-refractivity contribution in [2.45, 2.75) is 13.0 Å².